The summed E-state index contributed by atoms with van der Waals surface area (Å²) in [6.45, 7) is 5.22. The molecule has 1 N–H and O–H groups in total. The molecule has 0 aliphatic heterocycles. The van der Waals surface area contributed by atoms with Crippen LogP contribution >= 0.6 is 0 Å². The highest BCUT2D eigenvalue weighted by Crippen LogP contribution is 2.27. The molecule has 0 amide bonds. The van der Waals surface area contributed by atoms with Crippen molar-refractivity contribution in [3.05, 3.63) is 41.1 Å². The second-order valence-corrected chi connectivity index (χ2v) is 5.72. The highest BCUT2D eigenvalue weighted by Gasteiger charge is 2.12. The molecule has 0 bridgehead atoms. The summed E-state index contributed by atoms with van der Waals surface area (Å²) in [5.41, 5.74) is 5.17. The van der Waals surface area contributed by atoms with E-state index in [0.29, 0.717) is 0 Å². The van der Waals surface area contributed by atoms with Crippen LogP contribution < -0.4 is 4.74 Å². The molecule has 0 atom stereocenters. The second-order valence-electron chi connectivity index (χ2n) is 5.72. The van der Waals surface area contributed by atoms with Crippen LogP contribution in [0.5, 0.6) is 5.75 Å². The van der Waals surface area contributed by atoms with Gasteiger partial charge in [0.05, 0.1) is 7.11 Å². The Morgan fingerprint density at radius 3 is 2.65 bits per heavy atom. The number of rotatable bonds is 5. The number of benzene rings is 1. The van der Waals surface area contributed by atoms with Crippen molar-refractivity contribution in [1.29, 1.82) is 0 Å². The van der Waals surface area contributed by atoms with Gasteiger partial charge in [0, 0.05) is 35.6 Å². The monoisotopic (exact) mass is 272 g/mol. The van der Waals surface area contributed by atoms with Crippen molar-refractivity contribution < 1.29 is 4.74 Å². The van der Waals surface area contributed by atoms with E-state index in [-0.39, 0.29) is 0 Å². The molecule has 0 aliphatic carbocycles. The van der Waals surface area contributed by atoms with E-state index in [9.17, 15) is 0 Å². The summed E-state index contributed by atoms with van der Waals surface area (Å²) in [4.78, 5) is 5.76. The van der Waals surface area contributed by atoms with E-state index in [4.69, 9.17) is 4.74 Å². The van der Waals surface area contributed by atoms with E-state index in [0.717, 1.165) is 24.2 Å². The number of nitrogens with zero attached hydrogens (tertiary/aromatic N) is 1. The molecule has 2 aromatic rings. The predicted molar refractivity (Wildman–Crippen MR) is 85.4 cm³/mol. The average molecular weight is 272 g/mol. The van der Waals surface area contributed by atoms with Gasteiger partial charge in [0.15, 0.2) is 0 Å². The molecule has 0 spiro atoms. The van der Waals surface area contributed by atoms with Crippen LogP contribution in [0, 0.1) is 0 Å². The molecule has 1 aromatic heterocycles. The average Bonchev–Trinajstić information content (AvgIpc) is 2.73. The number of aromatic amines is 1. The molecule has 108 valence electrons. The molecule has 3 heteroatoms. The lowest BCUT2D eigenvalue weighted by Crippen LogP contribution is -2.11. The summed E-state index contributed by atoms with van der Waals surface area (Å²) < 4.78 is 5.31. The molecule has 0 saturated carbocycles. The molecule has 0 radical (unpaired) electrons. The fraction of sp³-hybridized carbons (Fsp3) is 0.412. The molecular weight excluding hydrogens is 248 g/mol. The molecule has 1 aromatic carbocycles. The maximum absolute atomic E-state index is 5.31. The van der Waals surface area contributed by atoms with Crippen LogP contribution in [0.3, 0.4) is 0 Å². The number of allylic oxidation sites excluding steroid dienone is 2. The van der Waals surface area contributed by atoms with Gasteiger partial charge in [-0.2, -0.15) is 0 Å². The fourth-order valence-corrected chi connectivity index (χ4v) is 2.39. The zero-order valence-corrected chi connectivity index (χ0v) is 13.1. The van der Waals surface area contributed by atoms with Crippen LogP contribution in [0.1, 0.15) is 25.1 Å². The van der Waals surface area contributed by atoms with Gasteiger partial charge >= 0.3 is 0 Å². The van der Waals surface area contributed by atoms with Gasteiger partial charge in [-0.15, -0.1) is 0 Å². The lowest BCUT2D eigenvalue weighted by molar-refractivity contribution is 0.402. The lowest BCUT2D eigenvalue weighted by Gasteiger charge is -2.10. The third-order valence-corrected chi connectivity index (χ3v) is 3.39. The summed E-state index contributed by atoms with van der Waals surface area (Å²) in [7, 11) is 5.91. The Kier molecular flexibility index (Phi) is 4.50. The van der Waals surface area contributed by atoms with Gasteiger partial charge < -0.3 is 14.6 Å². The zero-order valence-electron chi connectivity index (χ0n) is 13.1. The summed E-state index contributed by atoms with van der Waals surface area (Å²) in [6.07, 6.45) is 3.21. The quantitative estimate of drug-likeness (QED) is 0.840. The van der Waals surface area contributed by atoms with Crippen molar-refractivity contribution >= 4 is 10.9 Å². The van der Waals surface area contributed by atoms with Gasteiger partial charge in [-0.1, -0.05) is 11.6 Å². The van der Waals surface area contributed by atoms with Crippen LogP contribution in [-0.4, -0.2) is 31.1 Å². The van der Waals surface area contributed by atoms with E-state index < -0.39 is 0 Å². The standard InChI is InChI=1S/C17H24N2O/c1-12(2)6-9-16-15(11-19(3)4)14-8-7-13(20-5)10-17(14)18-16/h6-8,10,18H,9,11H2,1-5H3. The van der Waals surface area contributed by atoms with Gasteiger partial charge in [-0.05, 0) is 45.6 Å². The predicted octanol–water partition coefficient (Wildman–Crippen LogP) is 3.75. The number of methoxy groups -OCH3 is 1. The molecule has 0 aliphatic rings. The van der Waals surface area contributed by atoms with Crippen molar-refractivity contribution in [3.8, 4) is 5.75 Å². The summed E-state index contributed by atoms with van der Waals surface area (Å²) in [5, 5.41) is 1.29. The van der Waals surface area contributed by atoms with Crippen molar-refractivity contribution in [2.75, 3.05) is 21.2 Å². The van der Waals surface area contributed by atoms with Crippen LogP contribution in [0.25, 0.3) is 10.9 Å². The number of nitrogens with one attached hydrogen (secondary N) is 1. The van der Waals surface area contributed by atoms with Gasteiger partial charge in [0.1, 0.15) is 5.75 Å². The normalized spacial score (nSPS) is 11.1. The molecular formula is C17H24N2O. The lowest BCUT2D eigenvalue weighted by atomic mass is 10.1. The van der Waals surface area contributed by atoms with Crippen molar-refractivity contribution in [1.82, 2.24) is 9.88 Å². The second kappa shape index (κ2) is 6.14. The first kappa shape index (κ1) is 14.7. The molecule has 3 nitrogen and oxygen atoms in total. The van der Waals surface area contributed by atoms with Crippen molar-refractivity contribution in [2.24, 2.45) is 0 Å². The largest absolute Gasteiger partial charge is 0.497 e. The smallest absolute Gasteiger partial charge is 0.120 e. The van der Waals surface area contributed by atoms with Crippen molar-refractivity contribution in [2.45, 2.75) is 26.8 Å². The minimum atomic E-state index is 0.893. The summed E-state index contributed by atoms with van der Waals surface area (Å²) in [6, 6.07) is 6.25. The highest BCUT2D eigenvalue weighted by molar-refractivity contribution is 5.86. The molecule has 0 fully saturated rings. The van der Waals surface area contributed by atoms with Crippen molar-refractivity contribution in [3.63, 3.8) is 0 Å². The first-order chi connectivity index (χ1) is 9.51. The first-order valence-corrected chi connectivity index (χ1v) is 6.97. The zero-order chi connectivity index (χ0) is 14.7. The topological polar surface area (TPSA) is 28.3 Å². The fourth-order valence-electron chi connectivity index (χ4n) is 2.39. The van der Waals surface area contributed by atoms with E-state index in [2.05, 4.69) is 56.0 Å². The maximum atomic E-state index is 5.31. The Bertz CT molecular complexity index is 619. The highest BCUT2D eigenvalue weighted by atomic mass is 16.5. The van der Waals surface area contributed by atoms with Crippen LogP contribution in [0.15, 0.2) is 29.8 Å². The Balaban J connectivity index is 2.50. The maximum Gasteiger partial charge on any atom is 0.120 e. The Morgan fingerprint density at radius 1 is 1.30 bits per heavy atom. The van der Waals surface area contributed by atoms with E-state index >= 15 is 0 Å². The van der Waals surface area contributed by atoms with E-state index in [1.807, 2.05) is 6.07 Å². The number of H-pyrrole nitrogens is 1. The van der Waals surface area contributed by atoms with Crippen LogP contribution in [0.2, 0.25) is 0 Å². The van der Waals surface area contributed by atoms with E-state index in [1.165, 1.54) is 22.2 Å². The molecule has 0 saturated heterocycles. The third kappa shape index (κ3) is 3.23. The number of aromatic nitrogens is 1. The van der Waals surface area contributed by atoms with Crippen LogP contribution in [-0.2, 0) is 13.0 Å². The van der Waals surface area contributed by atoms with E-state index in [1.54, 1.807) is 7.11 Å². The number of hydrogen-bond acceptors (Lipinski definition) is 2. The SMILES string of the molecule is COc1ccc2c(CN(C)C)c(CC=C(C)C)[nH]c2c1. The van der Waals surface area contributed by atoms with Crippen LogP contribution in [0.4, 0.5) is 0 Å². The molecule has 20 heavy (non-hydrogen) atoms. The molecule has 1 heterocycles. The van der Waals surface area contributed by atoms with Gasteiger partial charge in [0.2, 0.25) is 0 Å². The van der Waals surface area contributed by atoms with Gasteiger partial charge in [-0.25, -0.2) is 0 Å². The molecule has 0 unspecified atom stereocenters. The third-order valence-electron chi connectivity index (χ3n) is 3.39. The number of fused-ring (bicyclic) bond motifs is 1. The minimum Gasteiger partial charge on any atom is -0.497 e. The number of hydrogen-bond donors (Lipinski definition) is 1. The Morgan fingerprint density at radius 2 is 2.05 bits per heavy atom. The minimum absolute atomic E-state index is 0.893. The Labute approximate surface area is 121 Å². The molecule has 2 rings (SSSR count). The number of ether oxygens (including phenoxy) is 1. The summed E-state index contributed by atoms with van der Waals surface area (Å²) in [5.74, 6) is 0.893. The Hall–Kier alpha value is -1.74. The first-order valence-electron chi connectivity index (χ1n) is 6.97. The van der Waals surface area contributed by atoms with Gasteiger partial charge in [0.25, 0.3) is 0 Å². The summed E-state index contributed by atoms with van der Waals surface area (Å²) >= 11 is 0. The van der Waals surface area contributed by atoms with Gasteiger partial charge in [-0.3, -0.25) is 0 Å².